The zero-order valence-electron chi connectivity index (χ0n) is 35.5. The Kier molecular flexibility index (Phi) is 42.8. The molecule has 0 aromatic rings. The Morgan fingerprint density at radius 1 is 0.527 bits per heavy atom. The third-order valence-corrected chi connectivity index (χ3v) is 10.8. The Morgan fingerprint density at radius 2 is 0.836 bits per heavy atom. The molecule has 0 bridgehead atoms. The fourth-order valence-corrected chi connectivity index (χ4v) is 7.12. The molecule has 0 heterocycles. The second-order valence-electron chi connectivity index (χ2n) is 15.2. The maximum atomic E-state index is 12.6. The Bertz CT molecular complexity index is 944. The van der Waals surface area contributed by atoms with Crippen molar-refractivity contribution >= 4 is 25.7 Å². The minimum Gasteiger partial charge on any atom is -0.756 e. The first-order valence-electron chi connectivity index (χ1n) is 22.0. The average molecular weight is 814 g/mol. The summed E-state index contributed by atoms with van der Waals surface area (Å²) in [6, 6.07) is -1.56. The van der Waals surface area contributed by atoms with Crippen molar-refractivity contribution in [2.45, 2.75) is 231 Å². The Labute approximate surface area is 358 Å². The zero-order valence-corrected chi connectivity index (χ0v) is 38.4. The summed E-state index contributed by atoms with van der Waals surface area (Å²) in [5.74, 6) is -2.42. The number of phosphoric acid groups is 1. The number of aliphatic carboxylic acids is 1. The van der Waals surface area contributed by atoms with Crippen molar-refractivity contribution < 1.29 is 77.0 Å². The number of carboxylic acid groups (broad SMARTS) is 1. The monoisotopic (exact) mass is 814 g/mol. The normalized spacial score (nSPS) is 13.5. The molecule has 0 fully saturated rings. The molecule has 3 atom stereocenters. The van der Waals surface area contributed by atoms with E-state index in [-0.39, 0.29) is 49.0 Å². The van der Waals surface area contributed by atoms with E-state index in [0.717, 1.165) is 38.5 Å². The number of rotatable bonds is 42. The Hall–Kier alpha value is -0.520. The van der Waals surface area contributed by atoms with E-state index in [2.05, 4.69) is 18.4 Å². The van der Waals surface area contributed by atoms with Gasteiger partial charge in [-0.05, 0) is 12.8 Å². The van der Waals surface area contributed by atoms with Gasteiger partial charge in [-0.15, -0.1) is 0 Å². The van der Waals surface area contributed by atoms with Crippen molar-refractivity contribution in [3.63, 3.8) is 0 Å². The molecular formula is C42H81NNaO10P. The summed E-state index contributed by atoms with van der Waals surface area (Å²) >= 11 is 0. The predicted octanol–water partition coefficient (Wildman–Crippen LogP) is 7.88. The van der Waals surface area contributed by atoms with E-state index in [4.69, 9.17) is 24.8 Å². The number of hydrogen-bond donors (Lipinski definition) is 2. The molecule has 3 N–H and O–H groups in total. The van der Waals surface area contributed by atoms with E-state index in [1.54, 1.807) is 0 Å². The molecule has 55 heavy (non-hydrogen) atoms. The van der Waals surface area contributed by atoms with Crippen molar-refractivity contribution in [3.05, 3.63) is 0 Å². The quantitative estimate of drug-likeness (QED) is 0.0266. The van der Waals surface area contributed by atoms with E-state index in [1.165, 1.54) is 141 Å². The molecule has 0 spiro atoms. The third kappa shape index (κ3) is 41.4. The van der Waals surface area contributed by atoms with Crippen molar-refractivity contribution in [2.24, 2.45) is 5.73 Å². The summed E-state index contributed by atoms with van der Waals surface area (Å²) in [5.41, 5.74) is 5.30. The Balaban J connectivity index is 0. The molecule has 0 saturated carbocycles. The van der Waals surface area contributed by atoms with Crippen molar-refractivity contribution in [1.82, 2.24) is 0 Å². The van der Waals surface area contributed by atoms with Gasteiger partial charge in [0.15, 0.2) is 6.10 Å². The topological polar surface area (TPSA) is 175 Å². The van der Waals surface area contributed by atoms with Crippen LogP contribution in [0.15, 0.2) is 0 Å². The second kappa shape index (κ2) is 41.6. The van der Waals surface area contributed by atoms with Gasteiger partial charge in [0, 0.05) is 12.8 Å². The number of hydrogen-bond acceptors (Lipinski definition) is 10. The maximum absolute atomic E-state index is 12.6. The SMILES string of the molecule is CCCCCCCCCCCCCCCCCC(=O)OCC(COP(=O)([O-])OC[C@@H](N)C(=O)O)OC(=O)CCCCCCCCCCCCCCCCC.[Na+]. The zero-order chi connectivity index (χ0) is 40.0. The summed E-state index contributed by atoms with van der Waals surface area (Å²) in [5, 5.41) is 8.86. The number of carbonyl (C=O) groups excluding carboxylic acids is 2. The summed E-state index contributed by atoms with van der Waals surface area (Å²) < 4.78 is 32.3. The molecule has 0 aliphatic heterocycles. The minimum atomic E-state index is -4.96. The van der Waals surface area contributed by atoms with Crippen LogP contribution in [0.2, 0.25) is 0 Å². The minimum absolute atomic E-state index is 0. The molecule has 0 rings (SSSR count). The summed E-state index contributed by atoms with van der Waals surface area (Å²) in [4.78, 5) is 48.1. The second-order valence-corrected chi connectivity index (χ2v) is 16.6. The van der Waals surface area contributed by atoms with Gasteiger partial charge in [0.05, 0.1) is 13.2 Å². The molecule has 0 amide bonds. The fourth-order valence-electron chi connectivity index (χ4n) is 6.35. The van der Waals surface area contributed by atoms with E-state index >= 15 is 0 Å². The van der Waals surface area contributed by atoms with Crippen LogP contribution in [0.3, 0.4) is 0 Å². The molecule has 11 nitrogen and oxygen atoms in total. The molecule has 0 aromatic carbocycles. The molecule has 0 aromatic heterocycles. The van der Waals surface area contributed by atoms with Gasteiger partial charge < -0.3 is 34.3 Å². The molecular weight excluding hydrogens is 732 g/mol. The van der Waals surface area contributed by atoms with Gasteiger partial charge in [0.1, 0.15) is 12.6 Å². The van der Waals surface area contributed by atoms with Gasteiger partial charge >= 0.3 is 47.5 Å². The molecule has 13 heteroatoms. The van der Waals surface area contributed by atoms with Gasteiger partial charge in [0.25, 0.3) is 7.82 Å². The first kappa shape index (κ1) is 56.6. The number of carbonyl (C=O) groups is 3. The largest absolute Gasteiger partial charge is 1.00 e. The van der Waals surface area contributed by atoms with Crippen LogP contribution in [0.5, 0.6) is 0 Å². The molecule has 320 valence electrons. The molecule has 2 unspecified atom stereocenters. The van der Waals surface area contributed by atoms with Crippen molar-refractivity contribution in [2.75, 3.05) is 19.8 Å². The number of carboxylic acids is 1. The van der Waals surface area contributed by atoms with E-state index in [1.807, 2.05) is 0 Å². The van der Waals surface area contributed by atoms with Gasteiger partial charge in [-0.1, -0.05) is 194 Å². The first-order valence-corrected chi connectivity index (χ1v) is 23.5. The van der Waals surface area contributed by atoms with Crippen LogP contribution >= 0.6 is 7.82 Å². The number of unbranched alkanes of at least 4 members (excludes halogenated alkanes) is 28. The molecule has 0 aliphatic rings. The smallest absolute Gasteiger partial charge is 0.756 e. The number of nitrogens with two attached hydrogens (primary N) is 1. The first-order chi connectivity index (χ1) is 26.1. The van der Waals surface area contributed by atoms with Crippen molar-refractivity contribution in [1.29, 1.82) is 0 Å². The predicted molar refractivity (Wildman–Crippen MR) is 215 cm³/mol. The maximum Gasteiger partial charge on any atom is 1.00 e. The summed E-state index contributed by atoms with van der Waals surface area (Å²) in [6.45, 7) is 2.68. The molecule has 0 aliphatic carbocycles. The van der Waals surface area contributed by atoms with E-state index in [0.29, 0.717) is 12.8 Å². The van der Waals surface area contributed by atoms with Crippen LogP contribution in [0.25, 0.3) is 0 Å². The van der Waals surface area contributed by atoms with Gasteiger partial charge in [0.2, 0.25) is 0 Å². The van der Waals surface area contributed by atoms with Crippen LogP contribution in [0, 0.1) is 0 Å². The summed E-state index contributed by atoms with van der Waals surface area (Å²) in [7, 11) is -4.96. The van der Waals surface area contributed by atoms with Crippen molar-refractivity contribution in [3.8, 4) is 0 Å². The van der Waals surface area contributed by atoms with Crippen LogP contribution in [-0.4, -0.2) is 55.0 Å². The Morgan fingerprint density at radius 3 is 1.18 bits per heavy atom. The fraction of sp³-hybridized carbons (Fsp3) is 0.929. The van der Waals surface area contributed by atoms with Gasteiger partial charge in [-0.25, -0.2) is 0 Å². The van der Waals surface area contributed by atoms with Gasteiger partial charge in [-0.2, -0.15) is 0 Å². The van der Waals surface area contributed by atoms with Gasteiger partial charge in [-0.3, -0.25) is 18.9 Å². The average Bonchev–Trinajstić information content (AvgIpc) is 3.14. The molecule has 0 saturated heterocycles. The number of esters is 2. The van der Waals surface area contributed by atoms with Crippen LogP contribution in [-0.2, 0) is 37.5 Å². The van der Waals surface area contributed by atoms with Crippen LogP contribution in [0.1, 0.15) is 219 Å². The molecule has 0 radical (unpaired) electrons. The van der Waals surface area contributed by atoms with E-state index in [9.17, 15) is 23.8 Å². The summed E-state index contributed by atoms with van der Waals surface area (Å²) in [6.07, 6.45) is 35.7. The number of phosphoric ester groups is 1. The van der Waals surface area contributed by atoms with Crippen LogP contribution < -0.4 is 40.2 Å². The third-order valence-electron chi connectivity index (χ3n) is 9.85. The number of ether oxygens (including phenoxy) is 2. The van der Waals surface area contributed by atoms with Crippen LogP contribution in [0.4, 0.5) is 0 Å². The standard InChI is InChI=1S/C42H82NO10P.Na/c1-3-5-7-9-11-13-15-17-19-21-23-25-27-29-31-33-40(44)50-35-38(36-51-54(48,49)52-37-39(43)42(46)47)53-41(45)34-32-30-28-26-24-22-20-18-16-14-12-10-8-6-4-2;/h38-39H,3-37,43H2,1-2H3,(H,46,47)(H,48,49);/q;+1/p-1/t38?,39-;/m1./s1. The van der Waals surface area contributed by atoms with E-state index < -0.39 is 51.1 Å².